The number of rotatable bonds is 1. The summed E-state index contributed by atoms with van der Waals surface area (Å²) in [5.41, 5.74) is 8.76. The highest BCUT2D eigenvalue weighted by molar-refractivity contribution is 5.60. The lowest BCUT2D eigenvalue weighted by Crippen LogP contribution is -1.96. The van der Waals surface area contributed by atoms with Gasteiger partial charge in [0.15, 0.2) is 11.5 Å². The van der Waals surface area contributed by atoms with E-state index in [4.69, 9.17) is 10.3 Å². The second-order valence-electron chi connectivity index (χ2n) is 3.49. The van der Waals surface area contributed by atoms with Crippen LogP contribution in [-0.2, 0) is 0 Å². The minimum atomic E-state index is 0.313. The molecule has 0 aliphatic carbocycles. The van der Waals surface area contributed by atoms with Crippen LogP contribution in [0.3, 0.4) is 0 Å². The summed E-state index contributed by atoms with van der Waals surface area (Å²) in [6, 6.07) is 1.91. The summed E-state index contributed by atoms with van der Waals surface area (Å²) < 4.78 is 4.88. The van der Waals surface area contributed by atoms with Gasteiger partial charge in [-0.3, -0.25) is 0 Å². The van der Waals surface area contributed by atoms with E-state index in [1.54, 1.807) is 0 Å². The molecule has 15 heavy (non-hydrogen) atoms. The van der Waals surface area contributed by atoms with E-state index in [1.165, 1.54) is 0 Å². The molecule has 0 amide bonds. The first-order chi connectivity index (χ1) is 7.08. The zero-order valence-corrected chi connectivity index (χ0v) is 8.90. The first-order valence-electron chi connectivity index (χ1n) is 4.62. The first kappa shape index (κ1) is 9.64. The van der Waals surface area contributed by atoms with Crippen molar-refractivity contribution in [3.05, 3.63) is 23.0 Å². The molecular weight excluding hydrogens is 192 g/mol. The van der Waals surface area contributed by atoms with Crippen LogP contribution in [0.5, 0.6) is 0 Å². The Hall–Kier alpha value is -1.91. The van der Waals surface area contributed by atoms with Gasteiger partial charge in [-0.15, -0.1) is 0 Å². The van der Waals surface area contributed by atoms with Gasteiger partial charge in [-0.2, -0.15) is 0 Å². The number of nitrogens with zero attached hydrogens (tertiary/aromatic N) is 3. The van der Waals surface area contributed by atoms with Crippen LogP contribution in [0.2, 0.25) is 0 Å². The van der Waals surface area contributed by atoms with Crippen molar-refractivity contribution in [3.63, 3.8) is 0 Å². The SMILES string of the molecule is Cc1cc(C)nc(-c2noc(N)c2C)n1. The molecule has 0 aliphatic heterocycles. The summed E-state index contributed by atoms with van der Waals surface area (Å²) in [6.45, 7) is 5.66. The first-order valence-corrected chi connectivity index (χ1v) is 4.62. The van der Waals surface area contributed by atoms with Crippen molar-refractivity contribution in [3.8, 4) is 11.5 Å². The van der Waals surface area contributed by atoms with Gasteiger partial charge in [0.1, 0.15) is 0 Å². The Bertz CT molecular complexity index is 484. The fourth-order valence-electron chi connectivity index (χ4n) is 1.39. The topological polar surface area (TPSA) is 77.8 Å². The van der Waals surface area contributed by atoms with Crippen molar-refractivity contribution in [2.75, 3.05) is 5.73 Å². The van der Waals surface area contributed by atoms with Crippen LogP contribution < -0.4 is 5.73 Å². The van der Waals surface area contributed by atoms with Crippen LogP contribution in [0.25, 0.3) is 11.5 Å². The van der Waals surface area contributed by atoms with Crippen molar-refractivity contribution in [1.29, 1.82) is 0 Å². The van der Waals surface area contributed by atoms with E-state index in [0.717, 1.165) is 17.0 Å². The highest BCUT2D eigenvalue weighted by Gasteiger charge is 2.14. The Labute approximate surface area is 87.3 Å². The van der Waals surface area contributed by atoms with Crippen molar-refractivity contribution < 1.29 is 4.52 Å². The molecule has 0 saturated heterocycles. The quantitative estimate of drug-likeness (QED) is 0.763. The minimum Gasteiger partial charge on any atom is -0.367 e. The summed E-state index contributed by atoms with van der Waals surface area (Å²) in [4.78, 5) is 8.58. The normalized spacial score (nSPS) is 10.6. The fourth-order valence-corrected chi connectivity index (χ4v) is 1.39. The standard InChI is InChI=1S/C10H12N4O/c1-5-4-6(2)13-10(12-5)8-7(3)9(11)15-14-8/h4H,11H2,1-3H3. The highest BCUT2D eigenvalue weighted by atomic mass is 16.5. The number of hydrogen-bond donors (Lipinski definition) is 1. The Morgan fingerprint density at radius 2 is 1.73 bits per heavy atom. The average Bonchev–Trinajstić information content (AvgIpc) is 2.46. The molecule has 2 heterocycles. The lowest BCUT2D eigenvalue weighted by molar-refractivity contribution is 0.438. The number of anilines is 1. The molecule has 5 heteroatoms. The Morgan fingerprint density at radius 1 is 1.13 bits per heavy atom. The Balaban J connectivity index is 2.58. The summed E-state index contributed by atoms with van der Waals surface area (Å²) in [5, 5.41) is 3.84. The van der Waals surface area contributed by atoms with Gasteiger partial charge in [-0.05, 0) is 26.8 Å². The van der Waals surface area contributed by atoms with Crippen LogP contribution in [0, 0.1) is 20.8 Å². The monoisotopic (exact) mass is 204 g/mol. The molecule has 2 N–H and O–H groups in total. The molecular formula is C10H12N4O. The van der Waals surface area contributed by atoms with Gasteiger partial charge in [0, 0.05) is 17.0 Å². The average molecular weight is 204 g/mol. The van der Waals surface area contributed by atoms with E-state index in [9.17, 15) is 0 Å². The number of aryl methyl sites for hydroxylation is 2. The van der Waals surface area contributed by atoms with Crippen molar-refractivity contribution in [2.24, 2.45) is 0 Å². The Kier molecular flexibility index (Phi) is 2.15. The lowest BCUT2D eigenvalue weighted by Gasteiger charge is -2.00. The van der Waals surface area contributed by atoms with Crippen LogP contribution in [0.1, 0.15) is 17.0 Å². The third-order valence-electron chi connectivity index (χ3n) is 2.15. The number of hydrogen-bond acceptors (Lipinski definition) is 5. The summed E-state index contributed by atoms with van der Waals surface area (Å²) in [6.07, 6.45) is 0. The van der Waals surface area contributed by atoms with Gasteiger partial charge in [-0.1, -0.05) is 5.16 Å². The van der Waals surface area contributed by atoms with Crippen LogP contribution in [-0.4, -0.2) is 15.1 Å². The van der Waals surface area contributed by atoms with E-state index in [1.807, 2.05) is 26.8 Å². The molecule has 0 atom stereocenters. The zero-order valence-electron chi connectivity index (χ0n) is 8.90. The second kappa shape index (κ2) is 3.34. The predicted molar refractivity (Wildman–Crippen MR) is 56.2 cm³/mol. The lowest BCUT2D eigenvalue weighted by atomic mass is 10.2. The molecule has 0 aromatic carbocycles. The third kappa shape index (κ3) is 1.68. The van der Waals surface area contributed by atoms with E-state index in [2.05, 4.69) is 15.1 Å². The number of nitrogen functional groups attached to an aromatic ring is 1. The maximum absolute atomic E-state index is 5.57. The second-order valence-corrected chi connectivity index (χ2v) is 3.49. The van der Waals surface area contributed by atoms with Crippen LogP contribution >= 0.6 is 0 Å². The molecule has 78 valence electrons. The van der Waals surface area contributed by atoms with Crippen molar-refractivity contribution in [1.82, 2.24) is 15.1 Å². The maximum Gasteiger partial charge on any atom is 0.225 e. The molecule has 2 aromatic rings. The van der Waals surface area contributed by atoms with Gasteiger partial charge in [-0.25, -0.2) is 9.97 Å². The molecule has 2 rings (SSSR count). The molecule has 0 spiro atoms. The molecule has 0 fully saturated rings. The molecule has 2 aromatic heterocycles. The van der Waals surface area contributed by atoms with Gasteiger partial charge in [0.2, 0.25) is 5.88 Å². The van der Waals surface area contributed by atoms with Crippen LogP contribution in [0.15, 0.2) is 10.6 Å². The zero-order chi connectivity index (χ0) is 11.0. The van der Waals surface area contributed by atoms with Gasteiger partial charge in [0.05, 0.1) is 0 Å². The van der Waals surface area contributed by atoms with Crippen molar-refractivity contribution >= 4 is 5.88 Å². The van der Waals surface area contributed by atoms with E-state index < -0.39 is 0 Å². The molecule has 0 saturated carbocycles. The van der Waals surface area contributed by atoms with Gasteiger partial charge < -0.3 is 10.3 Å². The van der Waals surface area contributed by atoms with E-state index >= 15 is 0 Å². The van der Waals surface area contributed by atoms with Gasteiger partial charge >= 0.3 is 0 Å². The third-order valence-corrected chi connectivity index (χ3v) is 2.15. The molecule has 0 unspecified atom stereocenters. The van der Waals surface area contributed by atoms with Crippen molar-refractivity contribution in [2.45, 2.75) is 20.8 Å². The number of nitrogens with two attached hydrogens (primary N) is 1. The molecule has 5 nitrogen and oxygen atoms in total. The summed E-state index contributed by atoms with van der Waals surface area (Å²) in [5.74, 6) is 0.873. The highest BCUT2D eigenvalue weighted by Crippen LogP contribution is 2.23. The minimum absolute atomic E-state index is 0.313. The summed E-state index contributed by atoms with van der Waals surface area (Å²) >= 11 is 0. The summed E-state index contributed by atoms with van der Waals surface area (Å²) in [7, 11) is 0. The smallest absolute Gasteiger partial charge is 0.225 e. The Morgan fingerprint density at radius 3 is 2.20 bits per heavy atom. The van der Waals surface area contributed by atoms with E-state index in [0.29, 0.717) is 17.4 Å². The molecule has 0 radical (unpaired) electrons. The molecule has 0 bridgehead atoms. The largest absolute Gasteiger partial charge is 0.367 e. The predicted octanol–water partition coefficient (Wildman–Crippen LogP) is 1.64. The van der Waals surface area contributed by atoms with Crippen LogP contribution in [0.4, 0.5) is 5.88 Å². The maximum atomic E-state index is 5.57. The van der Waals surface area contributed by atoms with Gasteiger partial charge in [0.25, 0.3) is 0 Å². The van der Waals surface area contributed by atoms with E-state index in [-0.39, 0.29) is 0 Å². The number of aromatic nitrogens is 3. The fraction of sp³-hybridized carbons (Fsp3) is 0.300. The molecule has 0 aliphatic rings.